The molecule has 0 aromatic rings. The molecule has 0 aliphatic heterocycles. The van der Waals surface area contributed by atoms with Crippen molar-refractivity contribution >= 4 is 12.3 Å². The molecule has 172 valence electrons. The van der Waals surface area contributed by atoms with Crippen LogP contribution < -0.4 is 0 Å². The van der Waals surface area contributed by atoms with Gasteiger partial charge in [-0.05, 0) is 6.42 Å². The minimum Gasteiger partial charge on any atom is -0.452 e. The van der Waals surface area contributed by atoms with Gasteiger partial charge in [-0.25, -0.2) is 0 Å². The van der Waals surface area contributed by atoms with E-state index in [1.165, 1.54) is 57.8 Å². The van der Waals surface area contributed by atoms with Crippen molar-refractivity contribution in [2.24, 2.45) is 0 Å². The molecule has 0 aromatic heterocycles. The first-order valence-corrected chi connectivity index (χ1v) is 11.3. The van der Waals surface area contributed by atoms with Gasteiger partial charge in [-0.2, -0.15) is 0 Å². The van der Waals surface area contributed by atoms with E-state index in [0.29, 0.717) is 6.42 Å². The maximum Gasteiger partial charge on any atom is 0.306 e. The van der Waals surface area contributed by atoms with Crippen LogP contribution in [0.4, 0.5) is 0 Å². The van der Waals surface area contributed by atoms with E-state index in [9.17, 15) is 24.9 Å². The van der Waals surface area contributed by atoms with E-state index in [0.717, 1.165) is 19.3 Å². The standard InChI is InChI=1S/C22H42O7/c1-2-3-4-5-6-7-8-9-10-11-12-13-14-15-20(26)29-19(17-24)22(28)21(27)18(25)16-23/h17-19,21-23,25,27-28H,2-16H2,1H3/t18-,19+,21+,22-/m1/s1. The van der Waals surface area contributed by atoms with Crippen LogP contribution in [0.5, 0.6) is 0 Å². The first kappa shape index (κ1) is 28.0. The molecular formula is C22H42O7. The van der Waals surface area contributed by atoms with Crippen LogP contribution in [0.25, 0.3) is 0 Å². The Morgan fingerprint density at radius 3 is 1.66 bits per heavy atom. The smallest absolute Gasteiger partial charge is 0.306 e. The van der Waals surface area contributed by atoms with E-state index in [1.54, 1.807) is 0 Å². The molecule has 0 aliphatic rings. The fraction of sp³-hybridized carbons (Fsp3) is 0.909. The minimum atomic E-state index is -1.79. The zero-order valence-electron chi connectivity index (χ0n) is 18.0. The van der Waals surface area contributed by atoms with Crippen LogP contribution in [0, 0.1) is 0 Å². The molecule has 29 heavy (non-hydrogen) atoms. The number of hydrogen-bond donors (Lipinski definition) is 4. The fourth-order valence-electron chi connectivity index (χ4n) is 3.21. The summed E-state index contributed by atoms with van der Waals surface area (Å²) in [5, 5.41) is 37.4. The minimum absolute atomic E-state index is 0.132. The molecule has 0 bridgehead atoms. The predicted octanol–water partition coefficient (Wildman–Crippen LogP) is 2.65. The highest BCUT2D eigenvalue weighted by Gasteiger charge is 2.33. The van der Waals surface area contributed by atoms with E-state index < -0.39 is 37.0 Å². The maximum absolute atomic E-state index is 11.8. The van der Waals surface area contributed by atoms with Gasteiger partial charge in [0.1, 0.15) is 18.3 Å². The third kappa shape index (κ3) is 14.6. The molecule has 0 saturated heterocycles. The van der Waals surface area contributed by atoms with Crippen molar-refractivity contribution in [2.45, 2.75) is 121 Å². The zero-order chi connectivity index (χ0) is 21.9. The summed E-state index contributed by atoms with van der Waals surface area (Å²) in [6.07, 6.45) is 9.09. The zero-order valence-corrected chi connectivity index (χ0v) is 18.0. The Morgan fingerprint density at radius 1 is 0.793 bits per heavy atom. The molecule has 0 fully saturated rings. The molecule has 0 amide bonds. The Balaban J connectivity index is 3.69. The Kier molecular flexibility index (Phi) is 18.3. The van der Waals surface area contributed by atoms with Crippen LogP contribution in [0.3, 0.4) is 0 Å². The van der Waals surface area contributed by atoms with Crippen LogP contribution in [-0.4, -0.2) is 63.7 Å². The third-order valence-electron chi connectivity index (χ3n) is 5.15. The van der Waals surface area contributed by atoms with Crippen LogP contribution in [-0.2, 0) is 14.3 Å². The van der Waals surface area contributed by atoms with Crippen LogP contribution >= 0.6 is 0 Å². The van der Waals surface area contributed by atoms with Crippen LogP contribution in [0.15, 0.2) is 0 Å². The maximum atomic E-state index is 11.8. The SMILES string of the molecule is CCCCCCCCCCCCCCCC(=O)O[C@@H](C=O)[C@@H](O)[C@@H](O)[C@H](O)CO. The largest absolute Gasteiger partial charge is 0.452 e. The second-order valence-electron chi connectivity index (χ2n) is 7.81. The first-order valence-electron chi connectivity index (χ1n) is 11.3. The molecule has 0 heterocycles. The van der Waals surface area contributed by atoms with Crippen molar-refractivity contribution < 1.29 is 34.8 Å². The molecule has 0 unspecified atom stereocenters. The number of rotatable bonds is 20. The lowest BCUT2D eigenvalue weighted by atomic mass is 10.0. The van der Waals surface area contributed by atoms with Crippen molar-refractivity contribution in [3.8, 4) is 0 Å². The van der Waals surface area contributed by atoms with Crippen LogP contribution in [0.2, 0.25) is 0 Å². The van der Waals surface area contributed by atoms with Crippen molar-refractivity contribution in [1.29, 1.82) is 0 Å². The van der Waals surface area contributed by atoms with E-state index in [-0.39, 0.29) is 12.7 Å². The molecule has 7 heteroatoms. The number of aliphatic hydroxyl groups excluding tert-OH is 4. The van der Waals surface area contributed by atoms with Gasteiger partial charge < -0.3 is 25.2 Å². The average molecular weight is 419 g/mol. The second-order valence-corrected chi connectivity index (χ2v) is 7.81. The molecular weight excluding hydrogens is 376 g/mol. The highest BCUT2D eigenvalue weighted by Crippen LogP contribution is 2.14. The Hall–Kier alpha value is -1.02. The van der Waals surface area contributed by atoms with Gasteiger partial charge in [0.2, 0.25) is 0 Å². The van der Waals surface area contributed by atoms with E-state index in [2.05, 4.69) is 6.92 Å². The third-order valence-corrected chi connectivity index (χ3v) is 5.15. The summed E-state index contributed by atoms with van der Waals surface area (Å²) in [6.45, 7) is 1.45. The molecule has 7 nitrogen and oxygen atoms in total. The van der Waals surface area contributed by atoms with Crippen molar-refractivity contribution in [2.75, 3.05) is 6.61 Å². The van der Waals surface area contributed by atoms with Gasteiger partial charge in [-0.15, -0.1) is 0 Å². The summed E-state index contributed by atoms with van der Waals surface area (Å²) in [6, 6.07) is 0. The Morgan fingerprint density at radius 2 is 1.24 bits per heavy atom. The van der Waals surface area contributed by atoms with Gasteiger partial charge in [-0.1, -0.05) is 84.0 Å². The normalized spacial score (nSPS) is 15.5. The second kappa shape index (κ2) is 19.0. The summed E-state index contributed by atoms with van der Waals surface area (Å²) < 4.78 is 4.87. The summed E-state index contributed by atoms with van der Waals surface area (Å²) >= 11 is 0. The van der Waals surface area contributed by atoms with Gasteiger partial charge in [0.25, 0.3) is 0 Å². The van der Waals surface area contributed by atoms with Gasteiger partial charge in [0.05, 0.1) is 6.61 Å². The summed E-state index contributed by atoms with van der Waals surface area (Å²) in [7, 11) is 0. The van der Waals surface area contributed by atoms with Gasteiger partial charge in [0, 0.05) is 6.42 Å². The molecule has 0 aromatic carbocycles. The number of carbonyl (C=O) groups excluding carboxylic acids is 2. The van der Waals surface area contributed by atoms with Crippen LogP contribution in [0.1, 0.15) is 96.8 Å². The summed E-state index contributed by atoms with van der Waals surface area (Å²) in [4.78, 5) is 22.8. The molecule has 0 radical (unpaired) electrons. The number of carbonyl (C=O) groups is 2. The lowest BCUT2D eigenvalue weighted by molar-refractivity contribution is -0.168. The van der Waals surface area contributed by atoms with Crippen molar-refractivity contribution in [3.05, 3.63) is 0 Å². The first-order chi connectivity index (χ1) is 14.0. The molecule has 0 aliphatic carbocycles. The number of aldehydes is 1. The fourth-order valence-corrected chi connectivity index (χ4v) is 3.21. The number of aliphatic hydroxyl groups is 4. The van der Waals surface area contributed by atoms with Gasteiger partial charge in [0.15, 0.2) is 12.4 Å². The van der Waals surface area contributed by atoms with Crippen molar-refractivity contribution in [3.63, 3.8) is 0 Å². The molecule has 0 rings (SSSR count). The quantitative estimate of drug-likeness (QED) is 0.136. The van der Waals surface area contributed by atoms with E-state index in [4.69, 9.17) is 9.84 Å². The number of hydrogen-bond acceptors (Lipinski definition) is 7. The lowest BCUT2D eigenvalue weighted by Gasteiger charge is -2.25. The van der Waals surface area contributed by atoms with E-state index in [1.807, 2.05) is 0 Å². The predicted molar refractivity (Wildman–Crippen MR) is 111 cm³/mol. The number of ether oxygens (including phenoxy) is 1. The van der Waals surface area contributed by atoms with E-state index >= 15 is 0 Å². The number of esters is 1. The van der Waals surface area contributed by atoms with Gasteiger partial charge >= 0.3 is 5.97 Å². The summed E-state index contributed by atoms with van der Waals surface area (Å²) in [5.74, 6) is -0.630. The lowest BCUT2D eigenvalue weighted by Crippen LogP contribution is -2.48. The topological polar surface area (TPSA) is 124 Å². The highest BCUT2D eigenvalue weighted by molar-refractivity contribution is 5.72. The molecule has 4 atom stereocenters. The Labute approximate surface area is 175 Å². The molecule has 0 saturated carbocycles. The number of unbranched alkanes of at least 4 members (excludes halogenated alkanes) is 12. The highest BCUT2D eigenvalue weighted by atomic mass is 16.6. The molecule has 0 spiro atoms. The van der Waals surface area contributed by atoms with Crippen molar-refractivity contribution in [1.82, 2.24) is 0 Å². The molecule has 4 N–H and O–H groups in total. The summed E-state index contributed by atoms with van der Waals surface area (Å²) in [5.41, 5.74) is 0. The Bertz CT molecular complexity index is 403. The van der Waals surface area contributed by atoms with Gasteiger partial charge in [-0.3, -0.25) is 9.59 Å². The average Bonchev–Trinajstić information content (AvgIpc) is 2.73. The monoisotopic (exact) mass is 418 g/mol.